The van der Waals surface area contributed by atoms with Crippen molar-refractivity contribution in [1.29, 1.82) is 0 Å². The quantitative estimate of drug-likeness (QED) is 0.0575. The predicted octanol–water partition coefficient (Wildman–Crippen LogP) is 8.46. The van der Waals surface area contributed by atoms with Gasteiger partial charge in [-0.2, -0.15) is 0 Å². The number of benzene rings is 3. The molecule has 3 aromatic carbocycles. The number of carbonyl (C=O) groups is 1. The minimum atomic E-state index is -4.69. The fourth-order valence-electron chi connectivity index (χ4n) is 10.7. The largest absolute Gasteiger partial charge is 0.485 e. The maximum atomic E-state index is 14.1. The number of aromatic nitrogens is 2. The van der Waals surface area contributed by atoms with E-state index in [1.54, 1.807) is 37.4 Å². The van der Waals surface area contributed by atoms with Crippen LogP contribution >= 0.6 is 0 Å². The summed E-state index contributed by atoms with van der Waals surface area (Å²) in [4.78, 5) is 34.9. The average molecular weight is 935 g/mol. The summed E-state index contributed by atoms with van der Waals surface area (Å²) in [5, 5.41) is 27.5. The van der Waals surface area contributed by atoms with Gasteiger partial charge in [-0.15, -0.1) is 0 Å². The molecule has 4 N–H and O–H groups in total. The Hall–Kier alpha value is -5.75. The number of ether oxygens (including phenoxy) is 4. The number of aliphatic hydroxyl groups is 1. The number of anilines is 1. The predicted molar refractivity (Wildman–Crippen MR) is 251 cm³/mol. The normalized spacial score (nSPS) is 23.1. The molecule has 0 bridgehead atoms. The lowest BCUT2D eigenvalue weighted by Crippen LogP contribution is -2.54. The number of nitrogens with one attached hydrogen (secondary N) is 3. The van der Waals surface area contributed by atoms with E-state index in [0.29, 0.717) is 62.3 Å². The molecule has 67 heavy (non-hydrogen) atoms. The van der Waals surface area contributed by atoms with Crippen molar-refractivity contribution in [3.63, 3.8) is 0 Å². The summed E-state index contributed by atoms with van der Waals surface area (Å²) in [5.74, 6) is -0.166. The zero-order valence-electron chi connectivity index (χ0n) is 37.9. The van der Waals surface area contributed by atoms with Gasteiger partial charge in [0.1, 0.15) is 29.9 Å². The van der Waals surface area contributed by atoms with Crippen molar-refractivity contribution in [1.82, 2.24) is 20.0 Å². The number of aromatic amines is 1. The van der Waals surface area contributed by atoms with E-state index in [0.717, 1.165) is 62.0 Å². The molecule has 354 valence electrons. The molecule has 5 aromatic rings. The zero-order valence-corrected chi connectivity index (χ0v) is 38.7. The molecule has 10 rings (SSSR count). The summed E-state index contributed by atoms with van der Waals surface area (Å²) in [6, 6.07) is 20.1. The second kappa shape index (κ2) is 18.1. The number of hydrogen-bond acceptors (Lipinski definition) is 13. The highest BCUT2D eigenvalue weighted by Crippen LogP contribution is 2.51. The van der Waals surface area contributed by atoms with Gasteiger partial charge in [0.15, 0.2) is 5.75 Å². The summed E-state index contributed by atoms with van der Waals surface area (Å²) in [7, 11) is -4.69. The Balaban J connectivity index is 0.844. The molecule has 0 unspecified atom stereocenters. The number of pyridine rings is 1. The van der Waals surface area contributed by atoms with Gasteiger partial charge >= 0.3 is 5.69 Å². The van der Waals surface area contributed by atoms with Gasteiger partial charge in [0.2, 0.25) is 5.75 Å². The number of nitrogens with zero attached hydrogens (tertiary/aromatic N) is 3. The van der Waals surface area contributed by atoms with Crippen molar-refractivity contribution in [2.24, 2.45) is 11.3 Å². The van der Waals surface area contributed by atoms with Gasteiger partial charge in [-0.1, -0.05) is 24.3 Å². The second-order valence-corrected chi connectivity index (χ2v) is 21.2. The van der Waals surface area contributed by atoms with Crippen molar-refractivity contribution in [2.75, 3.05) is 37.8 Å². The summed E-state index contributed by atoms with van der Waals surface area (Å²) in [5.41, 5.74) is 3.08. The van der Waals surface area contributed by atoms with Crippen LogP contribution in [-0.2, 0) is 14.8 Å². The van der Waals surface area contributed by atoms with E-state index in [-0.39, 0.29) is 46.8 Å². The van der Waals surface area contributed by atoms with E-state index < -0.39 is 43.1 Å². The Morgan fingerprint density at radius 2 is 1.82 bits per heavy atom. The van der Waals surface area contributed by atoms with Crippen molar-refractivity contribution in [3.8, 4) is 23.0 Å². The number of fused-ring (bicyclic) bond motifs is 2. The first kappa shape index (κ1) is 45.1. The highest BCUT2D eigenvalue weighted by Gasteiger charge is 2.47. The molecule has 2 aliphatic heterocycles. The minimum Gasteiger partial charge on any atom is -0.485 e. The standard InChI is InChI=1S/C50H58N6O10S/c1-3-63-29-41(39-7-5-4-6-38(39)31-8-9-31)53-34-26-50(27-34)17-20-55(21-18-50)35-10-11-40(43(23-35)65-36-22-33-14-19-51-47(33)52-28-36)48(57)54-67(61,62)37-24-42(56(59)60)46-44(25-37)64-30-45(66-46)32-12-15-49(2,58)16-13-32/h4-7,10-11,14,19,22-25,28,31-32,34,41,45,53,58H,3,8-9,12-13,15-18,20-21,26-27,29-30H2,1-2H3,(H,51,52)(H,54,57)/t32?,41-,45-,49?/m0/s1. The van der Waals surface area contributed by atoms with E-state index in [2.05, 4.69) is 49.2 Å². The van der Waals surface area contributed by atoms with E-state index in [1.807, 2.05) is 13.0 Å². The monoisotopic (exact) mass is 934 g/mol. The van der Waals surface area contributed by atoms with Crippen LogP contribution in [0, 0.1) is 21.4 Å². The number of carbonyl (C=O) groups excluding carboxylic acids is 1. The molecular weight excluding hydrogens is 877 g/mol. The number of amides is 1. The van der Waals surface area contributed by atoms with Crippen LogP contribution in [0.15, 0.2) is 84.0 Å². The van der Waals surface area contributed by atoms with Crippen molar-refractivity contribution >= 4 is 38.3 Å². The molecule has 1 amide bonds. The summed E-state index contributed by atoms with van der Waals surface area (Å²) < 4.78 is 54.4. The average Bonchev–Trinajstić information content (AvgIpc) is 4.05. The minimum absolute atomic E-state index is 0.00567. The van der Waals surface area contributed by atoms with Crippen LogP contribution in [0.5, 0.6) is 23.0 Å². The Kier molecular flexibility index (Phi) is 12.1. The molecule has 17 heteroatoms. The lowest BCUT2D eigenvalue weighted by molar-refractivity contribution is -0.386. The van der Waals surface area contributed by atoms with Crippen LogP contribution in [0.1, 0.15) is 112 Å². The van der Waals surface area contributed by atoms with Crippen LogP contribution in [0.2, 0.25) is 0 Å². The van der Waals surface area contributed by atoms with E-state index in [9.17, 15) is 28.4 Å². The van der Waals surface area contributed by atoms with Crippen LogP contribution in [0.4, 0.5) is 11.4 Å². The van der Waals surface area contributed by atoms with Crippen LogP contribution in [-0.4, -0.2) is 85.0 Å². The number of sulfonamides is 1. The van der Waals surface area contributed by atoms with Gasteiger partial charge in [0.05, 0.1) is 39.8 Å². The molecule has 2 aromatic heterocycles. The molecule has 5 aliphatic rings. The third-order valence-electron chi connectivity index (χ3n) is 14.7. The lowest BCUT2D eigenvalue weighted by Gasteiger charge is -2.53. The Morgan fingerprint density at radius 1 is 1.04 bits per heavy atom. The maximum Gasteiger partial charge on any atom is 0.316 e. The lowest BCUT2D eigenvalue weighted by atomic mass is 9.60. The van der Waals surface area contributed by atoms with Gasteiger partial charge in [0, 0.05) is 61.2 Å². The summed E-state index contributed by atoms with van der Waals surface area (Å²) in [6.45, 7) is 6.78. The van der Waals surface area contributed by atoms with Crippen molar-refractivity contribution < 1.29 is 42.2 Å². The van der Waals surface area contributed by atoms with Gasteiger partial charge in [0.25, 0.3) is 15.9 Å². The Morgan fingerprint density at radius 3 is 2.57 bits per heavy atom. The van der Waals surface area contributed by atoms with Gasteiger partial charge in [-0.25, -0.2) is 18.1 Å². The van der Waals surface area contributed by atoms with Gasteiger partial charge in [-0.05, 0) is 131 Å². The summed E-state index contributed by atoms with van der Waals surface area (Å²) in [6.07, 6.45) is 11.9. The van der Waals surface area contributed by atoms with Gasteiger partial charge < -0.3 is 39.3 Å². The third-order valence-corrected chi connectivity index (χ3v) is 16.0. The molecule has 1 saturated heterocycles. The smallest absolute Gasteiger partial charge is 0.316 e. The highest BCUT2D eigenvalue weighted by molar-refractivity contribution is 7.90. The molecular formula is C50H58N6O10S. The number of nitro benzene ring substituents is 1. The van der Waals surface area contributed by atoms with E-state index >= 15 is 0 Å². The molecule has 0 radical (unpaired) electrons. The van der Waals surface area contributed by atoms with Gasteiger partial charge in [-0.3, -0.25) is 14.9 Å². The maximum absolute atomic E-state index is 14.1. The Labute approximate surface area is 389 Å². The molecule has 4 fully saturated rings. The van der Waals surface area contributed by atoms with Crippen molar-refractivity contribution in [2.45, 2.75) is 113 Å². The molecule has 16 nitrogen and oxygen atoms in total. The van der Waals surface area contributed by atoms with Crippen molar-refractivity contribution in [3.05, 3.63) is 106 Å². The number of nitro groups is 1. The third kappa shape index (κ3) is 9.56. The second-order valence-electron chi connectivity index (χ2n) is 19.5. The zero-order chi connectivity index (χ0) is 46.5. The number of rotatable bonds is 15. The van der Waals surface area contributed by atoms with Crippen LogP contribution < -0.4 is 29.1 Å². The molecule has 3 saturated carbocycles. The molecule has 1 spiro atoms. The molecule has 3 aliphatic carbocycles. The topological polar surface area (TPSA) is 207 Å². The SMILES string of the molecule is CCOC[C@H](NC1CC2(CCN(c3ccc(C(=O)NS(=O)(=O)c4cc5c(c([N+](=O)[O-])c4)O[C@H](C4CCC(C)(O)CC4)CO5)c(Oc4cnc5[nH]ccc5c4)c3)CC2)C1)c1ccccc1C1CC1. The van der Waals surface area contributed by atoms with E-state index in [1.165, 1.54) is 30.2 Å². The highest BCUT2D eigenvalue weighted by atomic mass is 32.2. The number of H-pyrrole nitrogens is 1. The number of hydrogen-bond donors (Lipinski definition) is 4. The first-order chi connectivity index (χ1) is 32.2. The molecule has 4 heterocycles. The van der Waals surface area contributed by atoms with Crippen LogP contribution in [0.25, 0.3) is 11.0 Å². The fraction of sp³-hybridized carbons (Fsp3) is 0.480. The Bertz CT molecular complexity index is 2770. The summed E-state index contributed by atoms with van der Waals surface area (Å²) >= 11 is 0. The van der Waals surface area contributed by atoms with Crippen LogP contribution in [0.3, 0.4) is 0 Å². The van der Waals surface area contributed by atoms with E-state index in [4.69, 9.17) is 18.9 Å². The first-order valence-electron chi connectivity index (χ1n) is 23.6. The fourth-order valence-corrected chi connectivity index (χ4v) is 11.7. The molecule has 2 atom stereocenters. The number of piperidine rings is 1. The first-order valence-corrected chi connectivity index (χ1v) is 25.1.